The molecule has 8 nitrogen and oxygen atoms in total. The molecule has 0 aliphatic heterocycles. The topological polar surface area (TPSA) is 125 Å². The predicted octanol–water partition coefficient (Wildman–Crippen LogP) is 0.492. The van der Waals surface area contributed by atoms with Crippen molar-refractivity contribution in [2.24, 2.45) is 0 Å². The van der Waals surface area contributed by atoms with Crippen LogP contribution >= 0.6 is 0 Å². The standard InChI is InChI=1S/C10H15N3O5S/c1-2-18-6-5-12-19(16,17)8-3-4-9(11)10(7-8)13(14)15/h3-4,7,12H,2,5-6,11H2,1H3. The van der Waals surface area contributed by atoms with Gasteiger partial charge in [0, 0.05) is 19.2 Å². The van der Waals surface area contributed by atoms with E-state index in [4.69, 9.17) is 10.5 Å². The molecule has 0 amide bonds. The van der Waals surface area contributed by atoms with Gasteiger partial charge in [-0.25, -0.2) is 13.1 Å². The quantitative estimate of drug-likeness (QED) is 0.326. The minimum Gasteiger partial charge on any atom is -0.393 e. The first-order valence-corrected chi connectivity index (χ1v) is 6.98. The lowest BCUT2D eigenvalue weighted by Gasteiger charge is -2.07. The second-order valence-corrected chi connectivity index (χ2v) is 5.34. The number of ether oxygens (including phenoxy) is 1. The van der Waals surface area contributed by atoms with E-state index in [-0.39, 0.29) is 23.7 Å². The first-order chi connectivity index (χ1) is 8.88. The van der Waals surface area contributed by atoms with Crippen LogP contribution in [0, 0.1) is 10.1 Å². The third-order valence-electron chi connectivity index (χ3n) is 2.25. The van der Waals surface area contributed by atoms with Crippen molar-refractivity contribution in [2.45, 2.75) is 11.8 Å². The molecule has 0 spiro atoms. The summed E-state index contributed by atoms with van der Waals surface area (Å²) in [6.45, 7) is 2.59. The van der Waals surface area contributed by atoms with E-state index in [0.717, 1.165) is 6.07 Å². The zero-order valence-corrected chi connectivity index (χ0v) is 11.1. The molecule has 0 fully saturated rings. The maximum atomic E-state index is 11.9. The van der Waals surface area contributed by atoms with Crippen molar-refractivity contribution in [1.82, 2.24) is 4.72 Å². The molecule has 1 aromatic rings. The number of sulfonamides is 1. The molecular formula is C10H15N3O5S. The maximum Gasteiger partial charge on any atom is 0.293 e. The second kappa shape index (κ2) is 6.45. The van der Waals surface area contributed by atoms with E-state index < -0.39 is 20.6 Å². The molecule has 0 saturated heterocycles. The minimum atomic E-state index is -3.80. The number of nitro groups is 1. The fourth-order valence-corrected chi connectivity index (χ4v) is 2.36. The number of nitro benzene ring substituents is 1. The van der Waals surface area contributed by atoms with Crippen molar-refractivity contribution in [2.75, 3.05) is 25.5 Å². The number of hydrogen-bond acceptors (Lipinski definition) is 6. The van der Waals surface area contributed by atoms with E-state index >= 15 is 0 Å². The molecule has 0 aromatic heterocycles. The van der Waals surface area contributed by atoms with Gasteiger partial charge in [-0.05, 0) is 19.1 Å². The molecule has 3 N–H and O–H groups in total. The van der Waals surface area contributed by atoms with Gasteiger partial charge in [0.15, 0.2) is 0 Å². The average molecular weight is 289 g/mol. The number of anilines is 1. The van der Waals surface area contributed by atoms with E-state index in [1.807, 2.05) is 0 Å². The minimum absolute atomic E-state index is 0.0849. The third kappa shape index (κ3) is 4.16. The fraction of sp³-hybridized carbons (Fsp3) is 0.400. The van der Waals surface area contributed by atoms with Gasteiger partial charge in [0.25, 0.3) is 5.69 Å². The Morgan fingerprint density at radius 1 is 1.47 bits per heavy atom. The van der Waals surface area contributed by atoms with Gasteiger partial charge in [-0.3, -0.25) is 10.1 Å². The van der Waals surface area contributed by atoms with Gasteiger partial charge >= 0.3 is 0 Å². The normalized spacial score (nSPS) is 11.4. The number of nitrogen functional groups attached to an aromatic ring is 1. The molecule has 0 saturated carbocycles. The van der Waals surface area contributed by atoms with Gasteiger partial charge in [0.05, 0.1) is 16.4 Å². The average Bonchev–Trinajstić information content (AvgIpc) is 2.34. The molecule has 0 atom stereocenters. The molecule has 9 heteroatoms. The van der Waals surface area contributed by atoms with Crippen molar-refractivity contribution in [1.29, 1.82) is 0 Å². The zero-order chi connectivity index (χ0) is 14.5. The summed E-state index contributed by atoms with van der Waals surface area (Å²) in [6.07, 6.45) is 0. The number of nitrogens with one attached hydrogen (secondary N) is 1. The van der Waals surface area contributed by atoms with E-state index in [1.165, 1.54) is 12.1 Å². The largest absolute Gasteiger partial charge is 0.393 e. The maximum absolute atomic E-state index is 11.9. The molecule has 0 aliphatic rings. The Hall–Kier alpha value is -1.71. The zero-order valence-electron chi connectivity index (χ0n) is 10.3. The van der Waals surface area contributed by atoms with E-state index in [0.29, 0.717) is 6.61 Å². The Balaban J connectivity index is 2.89. The van der Waals surface area contributed by atoms with Crippen LogP contribution in [0.1, 0.15) is 6.92 Å². The summed E-state index contributed by atoms with van der Waals surface area (Å²) in [6, 6.07) is 3.33. The highest BCUT2D eigenvalue weighted by atomic mass is 32.2. The second-order valence-electron chi connectivity index (χ2n) is 3.57. The van der Waals surface area contributed by atoms with Crippen molar-refractivity contribution < 1.29 is 18.1 Å². The van der Waals surface area contributed by atoms with Crippen LogP contribution in [-0.4, -0.2) is 33.1 Å². The van der Waals surface area contributed by atoms with Gasteiger partial charge in [-0.2, -0.15) is 0 Å². The molecule has 106 valence electrons. The van der Waals surface area contributed by atoms with Crippen LogP contribution in [0.4, 0.5) is 11.4 Å². The van der Waals surface area contributed by atoms with Gasteiger partial charge in [0.1, 0.15) is 5.69 Å². The third-order valence-corrected chi connectivity index (χ3v) is 3.71. The van der Waals surface area contributed by atoms with Crippen molar-refractivity contribution >= 4 is 21.4 Å². The highest BCUT2D eigenvalue weighted by molar-refractivity contribution is 7.89. The Morgan fingerprint density at radius 3 is 2.74 bits per heavy atom. The molecular weight excluding hydrogens is 274 g/mol. The Bertz CT molecular complexity index is 558. The highest BCUT2D eigenvalue weighted by Gasteiger charge is 2.19. The summed E-state index contributed by atoms with van der Waals surface area (Å²) < 4.78 is 31.0. The number of benzene rings is 1. The number of rotatable bonds is 7. The van der Waals surface area contributed by atoms with Gasteiger partial charge in [-0.15, -0.1) is 0 Å². The van der Waals surface area contributed by atoms with Crippen LogP contribution in [0.2, 0.25) is 0 Å². The van der Waals surface area contributed by atoms with Crippen LogP contribution in [0.5, 0.6) is 0 Å². The van der Waals surface area contributed by atoms with Crippen molar-refractivity contribution in [3.63, 3.8) is 0 Å². The molecule has 1 aromatic carbocycles. The van der Waals surface area contributed by atoms with Crippen LogP contribution < -0.4 is 10.5 Å². The molecule has 0 radical (unpaired) electrons. The Labute approximate surface area is 110 Å². The highest BCUT2D eigenvalue weighted by Crippen LogP contribution is 2.24. The molecule has 0 aliphatic carbocycles. The fourth-order valence-electron chi connectivity index (χ4n) is 1.32. The molecule has 0 heterocycles. The molecule has 0 unspecified atom stereocenters. The monoisotopic (exact) mass is 289 g/mol. The SMILES string of the molecule is CCOCCNS(=O)(=O)c1ccc(N)c([N+](=O)[O-])c1. The summed E-state index contributed by atoms with van der Waals surface area (Å²) in [4.78, 5) is 9.76. The summed E-state index contributed by atoms with van der Waals surface area (Å²) in [5, 5.41) is 10.7. The van der Waals surface area contributed by atoms with Gasteiger partial charge < -0.3 is 10.5 Å². The lowest BCUT2D eigenvalue weighted by atomic mass is 10.3. The summed E-state index contributed by atoms with van der Waals surface area (Å²) in [5.41, 5.74) is 4.87. The molecule has 1 rings (SSSR count). The van der Waals surface area contributed by atoms with Crippen LogP contribution in [0.3, 0.4) is 0 Å². The lowest BCUT2D eigenvalue weighted by Crippen LogP contribution is -2.27. The van der Waals surface area contributed by atoms with Crippen LogP contribution in [-0.2, 0) is 14.8 Å². The summed E-state index contributed by atoms with van der Waals surface area (Å²) in [7, 11) is -3.80. The van der Waals surface area contributed by atoms with E-state index in [9.17, 15) is 18.5 Å². The Morgan fingerprint density at radius 2 is 2.16 bits per heavy atom. The van der Waals surface area contributed by atoms with Crippen molar-refractivity contribution in [3.05, 3.63) is 28.3 Å². The molecule has 0 bridgehead atoms. The van der Waals surface area contributed by atoms with Crippen LogP contribution in [0.15, 0.2) is 23.1 Å². The first kappa shape index (κ1) is 15.3. The van der Waals surface area contributed by atoms with Gasteiger partial charge in [0.2, 0.25) is 10.0 Å². The summed E-state index contributed by atoms with van der Waals surface area (Å²) in [5.74, 6) is 0. The predicted molar refractivity (Wildman–Crippen MR) is 69.2 cm³/mol. The Kier molecular flexibility index (Phi) is 5.21. The lowest BCUT2D eigenvalue weighted by molar-refractivity contribution is -0.384. The number of nitrogens with two attached hydrogens (primary N) is 1. The van der Waals surface area contributed by atoms with E-state index in [2.05, 4.69) is 4.72 Å². The number of hydrogen-bond donors (Lipinski definition) is 2. The number of nitrogens with zero attached hydrogens (tertiary/aromatic N) is 1. The first-order valence-electron chi connectivity index (χ1n) is 5.50. The summed E-state index contributed by atoms with van der Waals surface area (Å²) >= 11 is 0. The smallest absolute Gasteiger partial charge is 0.293 e. The molecule has 19 heavy (non-hydrogen) atoms. The van der Waals surface area contributed by atoms with E-state index in [1.54, 1.807) is 6.92 Å². The van der Waals surface area contributed by atoms with Crippen LogP contribution in [0.25, 0.3) is 0 Å². The van der Waals surface area contributed by atoms with Gasteiger partial charge in [-0.1, -0.05) is 0 Å². The van der Waals surface area contributed by atoms with Crippen molar-refractivity contribution in [3.8, 4) is 0 Å².